The van der Waals surface area contributed by atoms with E-state index in [9.17, 15) is 9.59 Å². The smallest absolute Gasteiger partial charge is 0.227 e. The lowest BCUT2D eigenvalue weighted by Crippen LogP contribution is -2.52. The maximum Gasteiger partial charge on any atom is 0.227 e. The Labute approximate surface area is 137 Å². The number of likely N-dealkylation sites (tertiary alicyclic amines) is 1. The Balaban J connectivity index is 2.01. The van der Waals surface area contributed by atoms with E-state index in [1.165, 1.54) is 0 Å². The highest BCUT2D eigenvalue weighted by atomic mass is 16.5. The molecule has 0 N–H and O–H groups in total. The molecule has 1 aromatic heterocycles. The number of rotatable bonds is 6. The monoisotopic (exact) mass is 319 g/mol. The van der Waals surface area contributed by atoms with Crippen molar-refractivity contribution >= 4 is 11.8 Å². The lowest BCUT2D eigenvalue weighted by Gasteiger charge is -2.39. The Morgan fingerprint density at radius 2 is 2.30 bits per heavy atom. The fourth-order valence-corrected chi connectivity index (χ4v) is 3.08. The van der Waals surface area contributed by atoms with Crippen molar-refractivity contribution in [3.63, 3.8) is 0 Å². The highest BCUT2D eigenvalue weighted by Crippen LogP contribution is 2.26. The van der Waals surface area contributed by atoms with Crippen LogP contribution in [0.2, 0.25) is 0 Å². The SMILES string of the molecule is COCCN1C(=O)CC[C@@H](C(=O)N(C)Cc2cccnc2)[C@H]1C. The van der Waals surface area contributed by atoms with E-state index in [2.05, 4.69) is 4.98 Å². The molecule has 6 heteroatoms. The molecule has 6 nitrogen and oxygen atoms in total. The van der Waals surface area contributed by atoms with E-state index in [1.54, 1.807) is 36.4 Å². The number of carbonyl (C=O) groups excluding carboxylic acids is 2. The van der Waals surface area contributed by atoms with Crippen LogP contribution in [-0.4, -0.2) is 59.9 Å². The van der Waals surface area contributed by atoms with E-state index in [0.717, 1.165) is 5.56 Å². The van der Waals surface area contributed by atoms with Crippen LogP contribution in [0.3, 0.4) is 0 Å². The first-order valence-corrected chi connectivity index (χ1v) is 7.97. The zero-order valence-corrected chi connectivity index (χ0v) is 14.1. The van der Waals surface area contributed by atoms with Crippen LogP contribution < -0.4 is 0 Å². The second-order valence-electron chi connectivity index (χ2n) is 6.02. The average Bonchev–Trinajstić information content (AvgIpc) is 2.55. The number of methoxy groups -OCH3 is 1. The molecule has 1 fully saturated rings. The van der Waals surface area contributed by atoms with Gasteiger partial charge in [0.05, 0.1) is 12.5 Å². The normalized spacial score (nSPS) is 21.3. The van der Waals surface area contributed by atoms with E-state index in [0.29, 0.717) is 32.5 Å². The maximum absolute atomic E-state index is 12.8. The minimum Gasteiger partial charge on any atom is -0.383 e. The van der Waals surface area contributed by atoms with Gasteiger partial charge in [0.15, 0.2) is 0 Å². The summed E-state index contributed by atoms with van der Waals surface area (Å²) in [6.45, 7) is 3.50. The third kappa shape index (κ3) is 4.28. The molecule has 0 aliphatic carbocycles. The first-order chi connectivity index (χ1) is 11.0. The van der Waals surface area contributed by atoms with Crippen molar-refractivity contribution in [1.82, 2.24) is 14.8 Å². The number of hydrogen-bond donors (Lipinski definition) is 0. The van der Waals surface area contributed by atoms with Crippen LogP contribution in [-0.2, 0) is 20.9 Å². The third-order valence-electron chi connectivity index (χ3n) is 4.44. The van der Waals surface area contributed by atoms with Gasteiger partial charge in [0.1, 0.15) is 0 Å². The van der Waals surface area contributed by atoms with Crippen LogP contribution in [0.5, 0.6) is 0 Å². The minimum atomic E-state index is -0.161. The fourth-order valence-electron chi connectivity index (χ4n) is 3.08. The molecule has 1 aliphatic rings. The van der Waals surface area contributed by atoms with Crippen molar-refractivity contribution < 1.29 is 14.3 Å². The van der Waals surface area contributed by atoms with Crippen LogP contribution >= 0.6 is 0 Å². The molecule has 1 saturated heterocycles. The first kappa shape index (κ1) is 17.4. The topological polar surface area (TPSA) is 62.7 Å². The summed E-state index contributed by atoms with van der Waals surface area (Å²) in [6, 6.07) is 3.72. The molecule has 1 aliphatic heterocycles. The van der Waals surface area contributed by atoms with Gasteiger partial charge in [-0.2, -0.15) is 0 Å². The standard InChI is InChI=1S/C17H25N3O3/c1-13-15(6-7-16(21)20(13)9-10-23-3)17(22)19(2)12-14-5-4-8-18-11-14/h4-5,8,11,13,15H,6-7,9-10,12H2,1-3H3/t13-,15-/m1/s1. The molecular formula is C17H25N3O3. The first-order valence-electron chi connectivity index (χ1n) is 7.97. The van der Waals surface area contributed by atoms with Crippen molar-refractivity contribution in [2.45, 2.75) is 32.4 Å². The number of ether oxygens (including phenoxy) is 1. The van der Waals surface area contributed by atoms with E-state index in [-0.39, 0.29) is 23.8 Å². The molecule has 126 valence electrons. The molecule has 0 unspecified atom stereocenters. The van der Waals surface area contributed by atoms with Crippen LogP contribution in [0.15, 0.2) is 24.5 Å². The predicted molar refractivity (Wildman–Crippen MR) is 86.5 cm³/mol. The molecule has 2 heterocycles. The Bertz CT molecular complexity index is 535. The van der Waals surface area contributed by atoms with Gasteiger partial charge in [0.25, 0.3) is 0 Å². The number of aromatic nitrogens is 1. The van der Waals surface area contributed by atoms with Gasteiger partial charge >= 0.3 is 0 Å². The molecular weight excluding hydrogens is 294 g/mol. The highest BCUT2D eigenvalue weighted by molar-refractivity contribution is 5.84. The maximum atomic E-state index is 12.8. The van der Waals surface area contributed by atoms with Gasteiger partial charge in [-0.25, -0.2) is 0 Å². The van der Waals surface area contributed by atoms with Gasteiger partial charge in [0.2, 0.25) is 11.8 Å². The van der Waals surface area contributed by atoms with Crippen molar-refractivity contribution in [1.29, 1.82) is 0 Å². The quantitative estimate of drug-likeness (QED) is 0.793. The molecule has 2 atom stereocenters. The van der Waals surface area contributed by atoms with Gasteiger partial charge in [-0.3, -0.25) is 14.6 Å². The van der Waals surface area contributed by atoms with Crippen LogP contribution in [0.1, 0.15) is 25.3 Å². The average molecular weight is 319 g/mol. The Hall–Kier alpha value is -1.95. The zero-order valence-electron chi connectivity index (χ0n) is 14.1. The molecule has 23 heavy (non-hydrogen) atoms. The number of hydrogen-bond acceptors (Lipinski definition) is 4. The predicted octanol–water partition coefficient (Wildman–Crippen LogP) is 1.31. The lowest BCUT2D eigenvalue weighted by molar-refractivity contribution is -0.147. The summed E-state index contributed by atoms with van der Waals surface area (Å²) in [5, 5.41) is 0. The fraction of sp³-hybridized carbons (Fsp3) is 0.588. The van der Waals surface area contributed by atoms with Gasteiger partial charge in [-0.1, -0.05) is 6.07 Å². The van der Waals surface area contributed by atoms with Crippen LogP contribution in [0.25, 0.3) is 0 Å². The number of pyridine rings is 1. The van der Waals surface area contributed by atoms with Gasteiger partial charge in [0, 0.05) is 52.1 Å². The molecule has 2 amide bonds. The molecule has 0 radical (unpaired) electrons. The zero-order chi connectivity index (χ0) is 16.8. The van der Waals surface area contributed by atoms with Crippen molar-refractivity contribution in [3.8, 4) is 0 Å². The van der Waals surface area contributed by atoms with E-state index < -0.39 is 0 Å². The largest absolute Gasteiger partial charge is 0.383 e. The minimum absolute atomic E-state index is 0.0799. The summed E-state index contributed by atoms with van der Waals surface area (Å²) in [5.74, 6) is 0.0241. The Morgan fingerprint density at radius 3 is 2.96 bits per heavy atom. The third-order valence-corrected chi connectivity index (χ3v) is 4.44. The van der Waals surface area contributed by atoms with Gasteiger partial charge < -0.3 is 14.5 Å². The number of amides is 2. The van der Waals surface area contributed by atoms with Gasteiger partial charge in [-0.15, -0.1) is 0 Å². The summed E-state index contributed by atoms with van der Waals surface area (Å²) in [5.41, 5.74) is 0.999. The van der Waals surface area contributed by atoms with Crippen molar-refractivity contribution in [3.05, 3.63) is 30.1 Å². The molecule has 2 rings (SSSR count). The molecule has 0 bridgehead atoms. The Morgan fingerprint density at radius 1 is 1.52 bits per heavy atom. The van der Waals surface area contributed by atoms with Crippen molar-refractivity contribution in [2.24, 2.45) is 5.92 Å². The highest BCUT2D eigenvalue weighted by Gasteiger charge is 2.37. The molecule has 0 aromatic carbocycles. The number of piperidine rings is 1. The summed E-state index contributed by atoms with van der Waals surface area (Å²) in [7, 11) is 3.42. The second-order valence-corrected chi connectivity index (χ2v) is 6.02. The summed E-state index contributed by atoms with van der Waals surface area (Å²) >= 11 is 0. The summed E-state index contributed by atoms with van der Waals surface area (Å²) in [6.07, 6.45) is 4.52. The summed E-state index contributed by atoms with van der Waals surface area (Å²) < 4.78 is 5.07. The lowest BCUT2D eigenvalue weighted by atomic mass is 9.88. The second kappa shape index (κ2) is 8.06. The van der Waals surface area contributed by atoms with E-state index in [1.807, 2.05) is 19.1 Å². The number of carbonyl (C=O) groups is 2. The van der Waals surface area contributed by atoms with E-state index in [4.69, 9.17) is 4.74 Å². The van der Waals surface area contributed by atoms with E-state index >= 15 is 0 Å². The molecule has 0 spiro atoms. The molecule has 1 aromatic rings. The molecule has 0 saturated carbocycles. The Kier molecular flexibility index (Phi) is 6.10. The van der Waals surface area contributed by atoms with Crippen LogP contribution in [0.4, 0.5) is 0 Å². The number of nitrogens with zero attached hydrogens (tertiary/aromatic N) is 3. The summed E-state index contributed by atoms with van der Waals surface area (Å²) in [4.78, 5) is 32.4. The van der Waals surface area contributed by atoms with Crippen molar-refractivity contribution in [2.75, 3.05) is 27.3 Å². The van der Waals surface area contributed by atoms with Gasteiger partial charge in [-0.05, 0) is 25.0 Å². The van der Waals surface area contributed by atoms with Crippen LogP contribution in [0, 0.1) is 5.92 Å².